The van der Waals surface area contributed by atoms with Crippen LogP contribution in [0.2, 0.25) is 0 Å². The molecule has 2 rings (SSSR count). The average molecular weight is 250 g/mol. The van der Waals surface area contributed by atoms with Crippen molar-refractivity contribution in [2.75, 3.05) is 39.8 Å². The van der Waals surface area contributed by atoms with E-state index in [4.69, 9.17) is 4.74 Å². The molecule has 4 heteroatoms. The molecule has 0 bridgehead atoms. The van der Waals surface area contributed by atoms with Gasteiger partial charge in [0.2, 0.25) is 0 Å². The molecule has 1 saturated heterocycles. The van der Waals surface area contributed by atoms with Crippen LogP contribution in [0.25, 0.3) is 0 Å². The molecule has 1 heterocycles. The fraction of sp³-hybridized carbons (Fsp3) is 0.571. The van der Waals surface area contributed by atoms with E-state index in [0.29, 0.717) is 12.4 Å². The van der Waals surface area contributed by atoms with Crippen molar-refractivity contribution >= 4 is 0 Å². The fourth-order valence-corrected chi connectivity index (χ4v) is 2.33. The molecule has 1 fully saturated rings. The normalized spacial score (nSPS) is 16.9. The Kier molecular flexibility index (Phi) is 4.99. The minimum absolute atomic E-state index is 0.398. The van der Waals surface area contributed by atoms with Gasteiger partial charge in [0, 0.05) is 45.4 Å². The number of phenolic OH excluding ortho intramolecular Hbond substituents is 1. The highest BCUT2D eigenvalue weighted by Crippen LogP contribution is 2.23. The van der Waals surface area contributed by atoms with E-state index in [1.807, 2.05) is 18.2 Å². The van der Waals surface area contributed by atoms with Crippen LogP contribution in [-0.4, -0.2) is 49.8 Å². The molecule has 0 radical (unpaired) electrons. The standard InChI is InChI=1S/C14H22N2O2/c1-18-11-13-4-2-3-12(14(13)17)5-8-16-9-6-15-7-10-16/h2-4,15,17H,5-11H2,1H3. The minimum atomic E-state index is 0.398. The molecule has 0 unspecified atom stereocenters. The molecule has 4 nitrogen and oxygen atoms in total. The molecule has 0 aromatic heterocycles. The Morgan fingerprint density at radius 3 is 2.72 bits per heavy atom. The summed E-state index contributed by atoms with van der Waals surface area (Å²) in [5.41, 5.74) is 1.89. The van der Waals surface area contributed by atoms with E-state index in [-0.39, 0.29) is 0 Å². The van der Waals surface area contributed by atoms with Gasteiger partial charge in [-0.05, 0) is 12.0 Å². The van der Waals surface area contributed by atoms with Gasteiger partial charge in [-0.1, -0.05) is 18.2 Å². The molecule has 18 heavy (non-hydrogen) atoms. The fourth-order valence-electron chi connectivity index (χ4n) is 2.33. The van der Waals surface area contributed by atoms with Crippen molar-refractivity contribution < 1.29 is 9.84 Å². The molecule has 0 aliphatic carbocycles. The van der Waals surface area contributed by atoms with Crippen LogP contribution >= 0.6 is 0 Å². The van der Waals surface area contributed by atoms with Crippen molar-refractivity contribution in [2.24, 2.45) is 0 Å². The van der Waals surface area contributed by atoms with E-state index < -0.39 is 0 Å². The predicted octanol–water partition coefficient (Wildman–Crippen LogP) is 0.986. The smallest absolute Gasteiger partial charge is 0.124 e. The molecule has 1 aliphatic heterocycles. The molecular formula is C14H22N2O2. The summed E-state index contributed by atoms with van der Waals surface area (Å²) < 4.78 is 5.08. The minimum Gasteiger partial charge on any atom is -0.507 e. The van der Waals surface area contributed by atoms with Crippen LogP contribution in [0.5, 0.6) is 5.75 Å². The highest BCUT2D eigenvalue weighted by molar-refractivity contribution is 5.40. The first kappa shape index (κ1) is 13.3. The molecule has 0 amide bonds. The maximum absolute atomic E-state index is 10.1. The highest BCUT2D eigenvalue weighted by Gasteiger charge is 2.11. The van der Waals surface area contributed by atoms with Gasteiger partial charge in [-0.25, -0.2) is 0 Å². The maximum Gasteiger partial charge on any atom is 0.124 e. The van der Waals surface area contributed by atoms with Gasteiger partial charge >= 0.3 is 0 Å². The number of aromatic hydroxyl groups is 1. The Balaban J connectivity index is 1.93. The second kappa shape index (κ2) is 6.73. The predicted molar refractivity (Wildman–Crippen MR) is 71.8 cm³/mol. The zero-order valence-electron chi connectivity index (χ0n) is 11.0. The van der Waals surface area contributed by atoms with Gasteiger partial charge in [0.1, 0.15) is 5.75 Å². The molecule has 1 aliphatic rings. The lowest BCUT2D eigenvalue weighted by Gasteiger charge is -2.27. The number of rotatable bonds is 5. The lowest BCUT2D eigenvalue weighted by atomic mass is 10.1. The number of phenols is 1. The second-order valence-electron chi connectivity index (χ2n) is 4.70. The van der Waals surface area contributed by atoms with Crippen LogP contribution in [-0.2, 0) is 17.8 Å². The second-order valence-corrected chi connectivity index (χ2v) is 4.70. The first-order valence-electron chi connectivity index (χ1n) is 6.53. The highest BCUT2D eigenvalue weighted by atomic mass is 16.5. The number of hydrogen-bond donors (Lipinski definition) is 2. The molecular weight excluding hydrogens is 228 g/mol. The van der Waals surface area contributed by atoms with Crippen molar-refractivity contribution in [1.29, 1.82) is 0 Å². The summed E-state index contributed by atoms with van der Waals surface area (Å²) >= 11 is 0. The van der Waals surface area contributed by atoms with E-state index in [1.54, 1.807) is 7.11 Å². The Hall–Kier alpha value is -1.10. The van der Waals surface area contributed by atoms with Crippen LogP contribution in [0, 0.1) is 0 Å². The van der Waals surface area contributed by atoms with Gasteiger partial charge in [-0.2, -0.15) is 0 Å². The third-order valence-corrected chi connectivity index (χ3v) is 3.41. The number of para-hydroxylation sites is 1. The van der Waals surface area contributed by atoms with E-state index in [1.165, 1.54) is 0 Å². The van der Waals surface area contributed by atoms with Crippen molar-refractivity contribution in [3.8, 4) is 5.75 Å². The van der Waals surface area contributed by atoms with E-state index >= 15 is 0 Å². The molecule has 0 atom stereocenters. The van der Waals surface area contributed by atoms with Crippen molar-refractivity contribution in [3.05, 3.63) is 29.3 Å². The molecule has 2 N–H and O–H groups in total. The monoisotopic (exact) mass is 250 g/mol. The van der Waals surface area contributed by atoms with Crippen LogP contribution in [0.1, 0.15) is 11.1 Å². The van der Waals surface area contributed by atoms with Gasteiger partial charge in [-0.15, -0.1) is 0 Å². The first-order valence-corrected chi connectivity index (χ1v) is 6.53. The van der Waals surface area contributed by atoms with Crippen molar-refractivity contribution in [3.63, 3.8) is 0 Å². The summed E-state index contributed by atoms with van der Waals surface area (Å²) in [6.45, 7) is 5.79. The van der Waals surface area contributed by atoms with Gasteiger partial charge in [0.05, 0.1) is 6.61 Å². The summed E-state index contributed by atoms with van der Waals surface area (Å²) in [7, 11) is 1.65. The van der Waals surface area contributed by atoms with E-state index in [2.05, 4.69) is 10.2 Å². The topological polar surface area (TPSA) is 44.7 Å². The average Bonchev–Trinajstić information content (AvgIpc) is 2.41. The van der Waals surface area contributed by atoms with Crippen LogP contribution in [0.15, 0.2) is 18.2 Å². The summed E-state index contributed by atoms with van der Waals surface area (Å²) in [5, 5.41) is 13.5. The summed E-state index contributed by atoms with van der Waals surface area (Å²) in [6, 6.07) is 5.89. The number of methoxy groups -OCH3 is 1. The zero-order chi connectivity index (χ0) is 12.8. The number of hydrogen-bond acceptors (Lipinski definition) is 4. The summed E-state index contributed by atoms with van der Waals surface area (Å²) in [6.07, 6.45) is 0.892. The Morgan fingerprint density at radius 1 is 1.28 bits per heavy atom. The lowest BCUT2D eigenvalue weighted by Crippen LogP contribution is -2.44. The van der Waals surface area contributed by atoms with Crippen LogP contribution in [0.3, 0.4) is 0 Å². The molecule has 1 aromatic carbocycles. The Bertz CT molecular complexity index is 376. The van der Waals surface area contributed by atoms with E-state index in [0.717, 1.165) is 50.3 Å². The lowest BCUT2D eigenvalue weighted by molar-refractivity contribution is 0.181. The Morgan fingerprint density at radius 2 is 2.00 bits per heavy atom. The van der Waals surface area contributed by atoms with Crippen molar-refractivity contribution in [2.45, 2.75) is 13.0 Å². The molecule has 100 valence electrons. The molecule has 0 spiro atoms. The number of nitrogens with one attached hydrogen (secondary N) is 1. The summed E-state index contributed by atoms with van der Waals surface area (Å²) in [5.74, 6) is 0.398. The number of ether oxygens (including phenoxy) is 1. The third-order valence-electron chi connectivity index (χ3n) is 3.41. The largest absolute Gasteiger partial charge is 0.507 e. The maximum atomic E-state index is 10.1. The van der Waals surface area contributed by atoms with Crippen molar-refractivity contribution in [1.82, 2.24) is 10.2 Å². The molecule has 0 saturated carbocycles. The van der Waals surface area contributed by atoms with Crippen LogP contribution < -0.4 is 5.32 Å². The molecule has 1 aromatic rings. The van der Waals surface area contributed by atoms with Gasteiger partial charge in [0.15, 0.2) is 0 Å². The SMILES string of the molecule is COCc1cccc(CCN2CCNCC2)c1O. The summed E-state index contributed by atoms with van der Waals surface area (Å²) in [4.78, 5) is 2.43. The van der Waals surface area contributed by atoms with Gasteiger partial charge < -0.3 is 20.1 Å². The van der Waals surface area contributed by atoms with Crippen LogP contribution in [0.4, 0.5) is 0 Å². The first-order chi connectivity index (χ1) is 8.81. The zero-order valence-corrected chi connectivity index (χ0v) is 11.0. The van der Waals surface area contributed by atoms with Gasteiger partial charge in [-0.3, -0.25) is 0 Å². The van der Waals surface area contributed by atoms with Gasteiger partial charge in [0.25, 0.3) is 0 Å². The number of nitrogens with zero attached hydrogens (tertiary/aromatic N) is 1. The quantitative estimate of drug-likeness (QED) is 0.818. The third kappa shape index (κ3) is 3.45. The Labute approximate surface area is 109 Å². The number of piperazine rings is 1. The number of benzene rings is 1. The van der Waals surface area contributed by atoms with E-state index in [9.17, 15) is 5.11 Å².